The number of amides is 1. The number of halogens is 2. The number of fused-ring (bicyclic) bond motifs is 1. The lowest BCUT2D eigenvalue weighted by Gasteiger charge is -2.10. The zero-order valence-corrected chi connectivity index (χ0v) is 13.0. The van der Waals surface area contributed by atoms with Crippen LogP contribution in [0.15, 0.2) is 71.8 Å². The number of carbonyl (C=O) groups is 1. The molecule has 0 bridgehead atoms. The van der Waals surface area contributed by atoms with Gasteiger partial charge in [-0.15, -0.1) is 0 Å². The van der Waals surface area contributed by atoms with Crippen LogP contribution in [0.1, 0.15) is 15.9 Å². The molecule has 0 heterocycles. The SMILES string of the molecule is O=C(N/N=C\c1c(OC(F)F)ccc2ccccc12)c1ccccc1. The molecule has 1 amide bonds. The molecule has 1 N–H and O–H groups in total. The number of hydrogen-bond acceptors (Lipinski definition) is 3. The third-order valence-corrected chi connectivity index (χ3v) is 3.54. The highest BCUT2D eigenvalue weighted by Gasteiger charge is 2.12. The molecule has 126 valence electrons. The van der Waals surface area contributed by atoms with Crippen molar-refractivity contribution in [3.05, 3.63) is 77.9 Å². The second-order valence-corrected chi connectivity index (χ2v) is 5.14. The van der Waals surface area contributed by atoms with E-state index in [1.807, 2.05) is 12.1 Å². The number of carbonyl (C=O) groups excluding carboxylic acids is 1. The van der Waals surface area contributed by atoms with Crippen molar-refractivity contribution in [3.63, 3.8) is 0 Å². The first-order valence-corrected chi connectivity index (χ1v) is 7.50. The van der Waals surface area contributed by atoms with Crippen LogP contribution >= 0.6 is 0 Å². The van der Waals surface area contributed by atoms with Crippen LogP contribution in [0.2, 0.25) is 0 Å². The monoisotopic (exact) mass is 340 g/mol. The van der Waals surface area contributed by atoms with Gasteiger partial charge in [-0.05, 0) is 29.0 Å². The van der Waals surface area contributed by atoms with E-state index >= 15 is 0 Å². The average Bonchev–Trinajstić information content (AvgIpc) is 2.63. The molecule has 3 aromatic carbocycles. The molecule has 0 spiro atoms. The van der Waals surface area contributed by atoms with Crippen LogP contribution in [-0.2, 0) is 0 Å². The zero-order chi connectivity index (χ0) is 17.6. The van der Waals surface area contributed by atoms with Crippen LogP contribution in [-0.4, -0.2) is 18.7 Å². The molecular weight excluding hydrogens is 326 g/mol. The largest absolute Gasteiger partial charge is 0.434 e. The maximum Gasteiger partial charge on any atom is 0.387 e. The molecule has 0 unspecified atom stereocenters. The standard InChI is InChI=1S/C19H14F2N2O2/c20-19(21)25-17-11-10-13-6-4-5-9-15(13)16(17)12-22-23-18(24)14-7-2-1-3-8-14/h1-12,19H,(H,23,24)/b22-12-. The highest BCUT2D eigenvalue weighted by Crippen LogP contribution is 2.27. The van der Waals surface area contributed by atoms with Gasteiger partial charge in [-0.25, -0.2) is 5.43 Å². The van der Waals surface area contributed by atoms with E-state index in [2.05, 4.69) is 15.3 Å². The van der Waals surface area contributed by atoms with Crippen LogP contribution in [0, 0.1) is 0 Å². The Morgan fingerprint density at radius 2 is 1.72 bits per heavy atom. The summed E-state index contributed by atoms with van der Waals surface area (Å²) in [5.74, 6) is -0.403. The summed E-state index contributed by atoms with van der Waals surface area (Å²) in [6, 6.07) is 18.9. The highest BCUT2D eigenvalue weighted by molar-refractivity contribution is 6.03. The van der Waals surface area contributed by atoms with E-state index in [1.165, 1.54) is 12.3 Å². The molecule has 25 heavy (non-hydrogen) atoms. The Bertz CT molecular complexity index is 912. The normalized spacial score (nSPS) is 11.2. The summed E-state index contributed by atoms with van der Waals surface area (Å²) in [4.78, 5) is 12.0. The van der Waals surface area contributed by atoms with Crippen molar-refractivity contribution >= 4 is 22.9 Å². The van der Waals surface area contributed by atoms with Crippen molar-refractivity contribution in [1.29, 1.82) is 0 Å². The second-order valence-electron chi connectivity index (χ2n) is 5.14. The molecule has 4 nitrogen and oxygen atoms in total. The molecule has 0 radical (unpaired) electrons. The first-order valence-electron chi connectivity index (χ1n) is 7.50. The van der Waals surface area contributed by atoms with E-state index < -0.39 is 12.5 Å². The van der Waals surface area contributed by atoms with Gasteiger partial charge in [-0.3, -0.25) is 4.79 Å². The summed E-state index contributed by atoms with van der Waals surface area (Å²) < 4.78 is 29.8. The van der Waals surface area contributed by atoms with Crippen LogP contribution in [0.4, 0.5) is 8.78 Å². The number of benzene rings is 3. The van der Waals surface area contributed by atoms with Crippen LogP contribution in [0.5, 0.6) is 5.75 Å². The molecule has 0 atom stereocenters. The van der Waals surface area contributed by atoms with Gasteiger partial charge >= 0.3 is 6.61 Å². The number of ether oxygens (including phenoxy) is 1. The Labute approximate surface area is 142 Å². The van der Waals surface area contributed by atoms with Crippen molar-refractivity contribution in [2.24, 2.45) is 5.10 Å². The van der Waals surface area contributed by atoms with E-state index in [0.717, 1.165) is 5.39 Å². The van der Waals surface area contributed by atoms with Crippen molar-refractivity contribution in [2.75, 3.05) is 0 Å². The molecule has 0 aliphatic heterocycles. The van der Waals surface area contributed by atoms with Gasteiger partial charge in [0.05, 0.1) is 6.21 Å². The summed E-state index contributed by atoms with van der Waals surface area (Å²) >= 11 is 0. The van der Waals surface area contributed by atoms with Crippen molar-refractivity contribution in [1.82, 2.24) is 5.43 Å². The fraction of sp³-hybridized carbons (Fsp3) is 0.0526. The molecule has 0 fully saturated rings. The van der Waals surface area contributed by atoms with Crippen LogP contribution in [0.3, 0.4) is 0 Å². The predicted octanol–water partition coefficient (Wildman–Crippen LogP) is 4.21. The van der Waals surface area contributed by atoms with Gasteiger partial charge in [0.15, 0.2) is 0 Å². The van der Waals surface area contributed by atoms with E-state index in [-0.39, 0.29) is 5.75 Å². The molecular formula is C19H14F2N2O2. The topological polar surface area (TPSA) is 50.7 Å². The number of nitrogens with zero attached hydrogens (tertiary/aromatic N) is 1. The van der Waals surface area contributed by atoms with Gasteiger partial charge in [0.1, 0.15) is 5.75 Å². The lowest BCUT2D eigenvalue weighted by Crippen LogP contribution is -2.17. The third-order valence-electron chi connectivity index (χ3n) is 3.54. The fourth-order valence-electron chi connectivity index (χ4n) is 2.42. The van der Waals surface area contributed by atoms with Crippen molar-refractivity contribution < 1.29 is 18.3 Å². The van der Waals surface area contributed by atoms with Gasteiger partial charge in [-0.1, -0.05) is 48.5 Å². The summed E-state index contributed by atoms with van der Waals surface area (Å²) in [5, 5.41) is 5.43. The minimum absolute atomic E-state index is 0.00795. The number of nitrogens with one attached hydrogen (secondary N) is 1. The minimum atomic E-state index is -2.95. The lowest BCUT2D eigenvalue weighted by molar-refractivity contribution is -0.0498. The van der Waals surface area contributed by atoms with Crippen LogP contribution in [0.25, 0.3) is 10.8 Å². The first-order chi connectivity index (χ1) is 12.1. The molecule has 3 aromatic rings. The predicted molar refractivity (Wildman–Crippen MR) is 92.1 cm³/mol. The number of alkyl halides is 2. The quantitative estimate of drug-likeness (QED) is 0.559. The summed E-state index contributed by atoms with van der Waals surface area (Å²) in [5.41, 5.74) is 3.19. The van der Waals surface area contributed by atoms with Gasteiger partial charge in [-0.2, -0.15) is 13.9 Å². The second kappa shape index (κ2) is 7.53. The highest BCUT2D eigenvalue weighted by atomic mass is 19.3. The molecule has 0 aliphatic rings. The average molecular weight is 340 g/mol. The Kier molecular flexibility index (Phi) is 4.99. The zero-order valence-electron chi connectivity index (χ0n) is 13.0. The van der Waals surface area contributed by atoms with Gasteiger partial charge in [0, 0.05) is 11.1 Å². The number of hydrogen-bond donors (Lipinski definition) is 1. The smallest absolute Gasteiger partial charge is 0.387 e. The maximum atomic E-state index is 12.6. The Balaban J connectivity index is 1.89. The van der Waals surface area contributed by atoms with E-state index in [0.29, 0.717) is 16.5 Å². The summed E-state index contributed by atoms with van der Waals surface area (Å²) in [7, 11) is 0. The number of hydrazone groups is 1. The Hall–Kier alpha value is -3.28. The third kappa shape index (κ3) is 3.98. The minimum Gasteiger partial charge on any atom is -0.434 e. The van der Waals surface area contributed by atoms with Crippen LogP contribution < -0.4 is 10.2 Å². The molecule has 0 saturated carbocycles. The van der Waals surface area contributed by atoms with Gasteiger partial charge < -0.3 is 4.74 Å². The van der Waals surface area contributed by atoms with Crippen molar-refractivity contribution in [3.8, 4) is 5.75 Å². The van der Waals surface area contributed by atoms with Gasteiger partial charge in [0.2, 0.25) is 0 Å². The Morgan fingerprint density at radius 3 is 2.48 bits per heavy atom. The molecule has 0 aromatic heterocycles. The molecule has 6 heteroatoms. The fourth-order valence-corrected chi connectivity index (χ4v) is 2.42. The summed E-state index contributed by atoms with van der Waals surface area (Å²) in [6.07, 6.45) is 1.31. The lowest BCUT2D eigenvalue weighted by atomic mass is 10.0. The summed E-state index contributed by atoms with van der Waals surface area (Å²) in [6.45, 7) is -2.95. The molecule has 3 rings (SSSR count). The van der Waals surface area contributed by atoms with E-state index in [9.17, 15) is 13.6 Å². The molecule has 0 saturated heterocycles. The Morgan fingerprint density at radius 1 is 1.00 bits per heavy atom. The number of rotatable bonds is 5. The van der Waals surface area contributed by atoms with E-state index in [1.54, 1.807) is 48.5 Å². The van der Waals surface area contributed by atoms with E-state index in [4.69, 9.17) is 0 Å². The molecule has 0 aliphatic carbocycles. The van der Waals surface area contributed by atoms with Gasteiger partial charge in [0.25, 0.3) is 5.91 Å². The maximum absolute atomic E-state index is 12.6. The first kappa shape index (κ1) is 16.6. The van der Waals surface area contributed by atoms with Crippen molar-refractivity contribution in [2.45, 2.75) is 6.61 Å².